The molecule has 1 aromatic heterocycles. The molecule has 7 heteroatoms. The lowest BCUT2D eigenvalue weighted by atomic mass is 10.1. The van der Waals surface area contributed by atoms with E-state index >= 15 is 0 Å². The van der Waals surface area contributed by atoms with Gasteiger partial charge in [-0.3, -0.25) is 0 Å². The van der Waals surface area contributed by atoms with E-state index in [-0.39, 0.29) is 17.5 Å². The number of hydrogen-bond donors (Lipinski definition) is 2. The van der Waals surface area contributed by atoms with Crippen molar-refractivity contribution in [1.29, 1.82) is 0 Å². The minimum atomic E-state index is -2.87. The average molecular weight is 298 g/mol. The van der Waals surface area contributed by atoms with E-state index in [1.807, 2.05) is 0 Å². The number of anilines is 2. The maximum Gasteiger partial charge on any atom is 0.224 e. The molecule has 0 radical (unpaired) electrons. The van der Waals surface area contributed by atoms with Gasteiger partial charge in [0.2, 0.25) is 5.95 Å². The molecule has 20 heavy (non-hydrogen) atoms. The fourth-order valence-corrected chi connectivity index (χ4v) is 3.79. The quantitative estimate of drug-likeness (QED) is 0.828. The maximum atomic E-state index is 11.4. The normalized spacial score (nSPS) is 21.1. The summed E-state index contributed by atoms with van der Waals surface area (Å²) in [7, 11) is -2.87. The van der Waals surface area contributed by atoms with Gasteiger partial charge in [-0.15, -0.1) is 0 Å². The standard InChI is InChI=1S/C13H22N4O2S/c1-10(2)3-6-14-13-15-7-4-12(17-13)16-11-5-8-20(18,19)9-11/h4,7,10-11H,3,5-6,8-9H2,1-2H3,(H2,14,15,16,17). The second-order valence-electron chi connectivity index (χ2n) is 5.62. The van der Waals surface area contributed by atoms with E-state index in [1.54, 1.807) is 12.3 Å². The van der Waals surface area contributed by atoms with Crippen LogP contribution in [-0.4, -0.2) is 42.5 Å². The average Bonchev–Trinajstić information content (AvgIpc) is 2.68. The van der Waals surface area contributed by atoms with Gasteiger partial charge in [0.05, 0.1) is 11.5 Å². The Morgan fingerprint density at radius 3 is 2.90 bits per heavy atom. The van der Waals surface area contributed by atoms with E-state index in [1.165, 1.54) is 0 Å². The highest BCUT2D eigenvalue weighted by Crippen LogP contribution is 2.16. The number of hydrogen-bond acceptors (Lipinski definition) is 6. The summed E-state index contributed by atoms with van der Waals surface area (Å²) in [5.74, 6) is 2.33. The highest BCUT2D eigenvalue weighted by Gasteiger charge is 2.27. The van der Waals surface area contributed by atoms with Crippen LogP contribution in [0.3, 0.4) is 0 Å². The summed E-state index contributed by atoms with van der Waals surface area (Å²) in [4.78, 5) is 8.51. The molecular weight excluding hydrogens is 276 g/mol. The topological polar surface area (TPSA) is 84.0 Å². The van der Waals surface area contributed by atoms with Crippen molar-refractivity contribution in [1.82, 2.24) is 9.97 Å². The highest BCUT2D eigenvalue weighted by molar-refractivity contribution is 7.91. The number of aromatic nitrogens is 2. The summed E-state index contributed by atoms with van der Waals surface area (Å²) >= 11 is 0. The second kappa shape index (κ2) is 6.39. The van der Waals surface area contributed by atoms with Gasteiger partial charge in [0.15, 0.2) is 9.84 Å². The first-order valence-electron chi connectivity index (χ1n) is 6.98. The van der Waals surface area contributed by atoms with Crippen molar-refractivity contribution in [2.24, 2.45) is 5.92 Å². The van der Waals surface area contributed by atoms with Crippen LogP contribution in [0.4, 0.5) is 11.8 Å². The Morgan fingerprint density at radius 1 is 1.45 bits per heavy atom. The molecule has 0 spiro atoms. The third kappa shape index (κ3) is 4.63. The summed E-state index contributed by atoms with van der Waals surface area (Å²) in [6, 6.07) is 1.72. The molecule has 1 saturated heterocycles. The molecule has 0 saturated carbocycles. The predicted molar refractivity (Wildman–Crippen MR) is 80.7 cm³/mol. The number of rotatable bonds is 6. The van der Waals surface area contributed by atoms with Crippen molar-refractivity contribution in [2.45, 2.75) is 32.7 Å². The molecule has 6 nitrogen and oxygen atoms in total. The molecular formula is C13H22N4O2S. The largest absolute Gasteiger partial charge is 0.366 e. The fraction of sp³-hybridized carbons (Fsp3) is 0.692. The van der Waals surface area contributed by atoms with E-state index < -0.39 is 9.84 Å². The van der Waals surface area contributed by atoms with Gasteiger partial charge in [0, 0.05) is 18.8 Å². The van der Waals surface area contributed by atoms with Crippen LogP contribution >= 0.6 is 0 Å². The Labute approximate surface area is 120 Å². The fourth-order valence-electron chi connectivity index (χ4n) is 2.11. The van der Waals surface area contributed by atoms with E-state index in [0.29, 0.717) is 24.1 Å². The molecule has 1 fully saturated rings. The van der Waals surface area contributed by atoms with Gasteiger partial charge in [-0.2, -0.15) is 4.98 Å². The minimum absolute atomic E-state index is 0.0431. The first-order valence-corrected chi connectivity index (χ1v) is 8.80. The molecule has 0 aliphatic carbocycles. The molecule has 1 aliphatic heterocycles. The van der Waals surface area contributed by atoms with Crippen LogP contribution in [0.15, 0.2) is 12.3 Å². The van der Waals surface area contributed by atoms with Crippen LogP contribution in [0.25, 0.3) is 0 Å². The summed E-state index contributed by atoms with van der Waals surface area (Å²) < 4.78 is 22.8. The van der Waals surface area contributed by atoms with Gasteiger partial charge in [-0.25, -0.2) is 13.4 Å². The molecule has 0 bridgehead atoms. The molecule has 112 valence electrons. The van der Waals surface area contributed by atoms with Gasteiger partial charge >= 0.3 is 0 Å². The highest BCUT2D eigenvalue weighted by atomic mass is 32.2. The lowest BCUT2D eigenvalue weighted by molar-refractivity contribution is 0.602. The predicted octanol–water partition coefficient (Wildman–Crippen LogP) is 1.53. The maximum absolute atomic E-state index is 11.4. The van der Waals surface area contributed by atoms with Crippen molar-refractivity contribution in [3.63, 3.8) is 0 Å². The molecule has 1 atom stereocenters. The van der Waals surface area contributed by atoms with E-state index in [2.05, 4.69) is 34.4 Å². The Kier molecular flexibility index (Phi) is 4.80. The summed E-state index contributed by atoms with van der Waals surface area (Å²) in [6.07, 6.45) is 3.38. The molecule has 1 aliphatic rings. The van der Waals surface area contributed by atoms with Crippen molar-refractivity contribution < 1.29 is 8.42 Å². The Bertz CT molecular complexity index is 545. The monoisotopic (exact) mass is 298 g/mol. The van der Waals surface area contributed by atoms with E-state index in [9.17, 15) is 8.42 Å². The van der Waals surface area contributed by atoms with Crippen molar-refractivity contribution in [3.8, 4) is 0 Å². The SMILES string of the molecule is CC(C)CCNc1nccc(NC2CCS(=O)(=O)C2)n1. The van der Waals surface area contributed by atoms with Gasteiger partial charge in [0.25, 0.3) is 0 Å². The molecule has 2 N–H and O–H groups in total. The van der Waals surface area contributed by atoms with Crippen LogP contribution < -0.4 is 10.6 Å². The number of sulfone groups is 1. The van der Waals surface area contributed by atoms with E-state index in [4.69, 9.17) is 0 Å². The van der Waals surface area contributed by atoms with Crippen LogP contribution in [0.5, 0.6) is 0 Å². The van der Waals surface area contributed by atoms with Crippen molar-refractivity contribution >= 4 is 21.6 Å². The van der Waals surface area contributed by atoms with Gasteiger partial charge < -0.3 is 10.6 Å². The molecule has 2 rings (SSSR count). The Hall–Kier alpha value is -1.37. The van der Waals surface area contributed by atoms with Crippen LogP contribution in [0, 0.1) is 5.92 Å². The third-order valence-electron chi connectivity index (χ3n) is 3.24. The lowest BCUT2D eigenvalue weighted by Crippen LogP contribution is -2.21. The zero-order chi connectivity index (χ0) is 14.6. The van der Waals surface area contributed by atoms with E-state index in [0.717, 1.165) is 13.0 Å². The van der Waals surface area contributed by atoms with Crippen LogP contribution in [0.2, 0.25) is 0 Å². The van der Waals surface area contributed by atoms with Crippen molar-refractivity contribution in [3.05, 3.63) is 12.3 Å². The third-order valence-corrected chi connectivity index (χ3v) is 5.01. The minimum Gasteiger partial charge on any atom is -0.366 e. The molecule has 0 amide bonds. The molecule has 1 aromatic rings. The number of nitrogens with one attached hydrogen (secondary N) is 2. The van der Waals surface area contributed by atoms with Crippen LogP contribution in [-0.2, 0) is 9.84 Å². The second-order valence-corrected chi connectivity index (χ2v) is 7.85. The zero-order valence-corrected chi connectivity index (χ0v) is 12.8. The van der Waals surface area contributed by atoms with Crippen molar-refractivity contribution in [2.75, 3.05) is 28.7 Å². The van der Waals surface area contributed by atoms with Gasteiger partial charge in [-0.05, 0) is 24.8 Å². The zero-order valence-electron chi connectivity index (χ0n) is 12.0. The molecule has 1 unspecified atom stereocenters. The molecule has 2 heterocycles. The molecule has 0 aromatic carbocycles. The first-order chi connectivity index (χ1) is 9.44. The van der Waals surface area contributed by atoms with Gasteiger partial charge in [-0.1, -0.05) is 13.8 Å². The Balaban J connectivity index is 1.89. The van der Waals surface area contributed by atoms with Gasteiger partial charge in [0.1, 0.15) is 5.82 Å². The number of nitrogens with zero attached hydrogens (tertiary/aromatic N) is 2. The summed E-state index contributed by atoms with van der Waals surface area (Å²) in [5, 5.41) is 6.34. The summed E-state index contributed by atoms with van der Waals surface area (Å²) in [6.45, 7) is 5.17. The lowest BCUT2D eigenvalue weighted by Gasteiger charge is -2.12. The van der Waals surface area contributed by atoms with Crippen LogP contribution in [0.1, 0.15) is 26.7 Å². The smallest absolute Gasteiger partial charge is 0.224 e. The first kappa shape index (κ1) is 15.0. The Morgan fingerprint density at radius 2 is 2.25 bits per heavy atom. The summed E-state index contributed by atoms with van der Waals surface area (Å²) in [5.41, 5.74) is 0.